The number of hydrogen-bond donors (Lipinski definition) is 1. The van der Waals surface area contributed by atoms with E-state index in [0.717, 1.165) is 6.07 Å². The van der Waals surface area contributed by atoms with Crippen LogP contribution in [0.15, 0.2) is 30.5 Å². The van der Waals surface area contributed by atoms with Gasteiger partial charge in [-0.3, -0.25) is 4.79 Å². The van der Waals surface area contributed by atoms with Crippen LogP contribution in [0, 0.1) is 11.6 Å². The van der Waals surface area contributed by atoms with Gasteiger partial charge in [-0.1, -0.05) is 0 Å². The lowest BCUT2D eigenvalue weighted by Crippen LogP contribution is -2.39. The minimum absolute atomic E-state index is 0.0571. The second-order valence-corrected chi connectivity index (χ2v) is 8.83. The molecule has 0 radical (unpaired) electrons. The summed E-state index contributed by atoms with van der Waals surface area (Å²) in [5, 5.41) is 3.35. The van der Waals surface area contributed by atoms with E-state index in [1.54, 1.807) is 26.4 Å². The lowest BCUT2D eigenvalue weighted by atomic mass is 10.1. The molecule has 1 aliphatic heterocycles. The van der Waals surface area contributed by atoms with E-state index in [-0.39, 0.29) is 23.8 Å². The Morgan fingerprint density at radius 2 is 1.88 bits per heavy atom. The van der Waals surface area contributed by atoms with Crippen LogP contribution in [-0.2, 0) is 0 Å². The van der Waals surface area contributed by atoms with Gasteiger partial charge in [-0.05, 0) is 32.0 Å². The van der Waals surface area contributed by atoms with Gasteiger partial charge >= 0.3 is 0 Å². The molecule has 4 rings (SSSR count). The molecule has 0 atom stereocenters. The van der Waals surface area contributed by atoms with Gasteiger partial charge in [0.05, 0.1) is 11.7 Å². The molecule has 34 heavy (non-hydrogen) atoms. The Labute approximate surface area is 197 Å². The van der Waals surface area contributed by atoms with E-state index in [2.05, 4.69) is 15.2 Å². The number of piperidine rings is 1. The molecule has 180 valence electrons. The van der Waals surface area contributed by atoms with Crippen LogP contribution in [-0.4, -0.2) is 65.1 Å². The number of aromatic nitrogens is 3. The minimum atomic E-state index is -0.703. The zero-order valence-corrected chi connectivity index (χ0v) is 19.7. The number of anilines is 2. The number of benzene rings is 1. The van der Waals surface area contributed by atoms with Crippen molar-refractivity contribution in [1.82, 2.24) is 19.9 Å². The fourth-order valence-electron chi connectivity index (χ4n) is 3.82. The van der Waals surface area contributed by atoms with E-state index in [1.807, 2.05) is 13.8 Å². The zero-order valence-electron chi connectivity index (χ0n) is 19.7. The maximum absolute atomic E-state index is 14.0. The number of nitrogens with zero attached hydrogens (tertiary/aromatic N) is 5. The molecule has 3 aromatic rings. The molecule has 1 fully saturated rings. The summed E-state index contributed by atoms with van der Waals surface area (Å²) in [6.07, 6.45) is 2.67. The highest BCUT2D eigenvalue weighted by molar-refractivity contribution is 5.95. The molecule has 1 saturated heterocycles. The van der Waals surface area contributed by atoms with Gasteiger partial charge in [0.25, 0.3) is 5.91 Å². The first kappa shape index (κ1) is 23.6. The standard InChI is InChI=1S/C24H28F2N6O2/c1-14(2)28-22-23(30-20-13-27-19(12-18(20)29-22)24(33)31(3)4)32-9-7-16(8-10-32)34-21-6-5-15(25)11-17(21)26/h5-6,11-14,16H,7-10H2,1-4H3,(H,28,29). The van der Waals surface area contributed by atoms with E-state index < -0.39 is 11.6 Å². The first-order chi connectivity index (χ1) is 16.2. The number of amides is 1. The van der Waals surface area contributed by atoms with Crippen molar-refractivity contribution in [2.75, 3.05) is 37.4 Å². The number of ether oxygens (including phenoxy) is 1. The summed E-state index contributed by atoms with van der Waals surface area (Å²) < 4.78 is 32.9. The molecule has 1 amide bonds. The summed E-state index contributed by atoms with van der Waals surface area (Å²) in [6, 6.07) is 5.10. The molecule has 2 aromatic heterocycles. The number of rotatable bonds is 6. The Balaban J connectivity index is 1.55. The molecule has 3 heterocycles. The molecule has 0 bridgehead atoms. The Morgan fingerprint density at radius 3 is 2.53 bits per heavy atom. The third kappa shape index (κ3) is 5.16. The average Bonchev–Trinajstić information content (AvgIpc) is 2.79. The summed E-state index contributed by atoms with van der Waals surface area (Å²) in [5.41, 5.74) is 1.48. The van der Waals surface area contributed by atoms with Gasteiger partial charge in [-0.15, -0.1) is 0 Å². The number of pyridine rings is 1. The lowest BCUT2D eigenvalue weighted by Gasteiger charge is -2.34. The molecule has 1 aliphatic rings. The molecule has 0 saturated carbocycles. The Morgan fingerprint density at radius 1 is 1.15 bits per heavy atom. The summed E-state index contributed by atoms with van der Waals surface area (Å²) in [5.74, 6) is -0.159. The van der Waals surface area contributed by atoms with Gasteiger partial charge in [0.1, 0.15) is 23.1 Å². The molecule has 10 heteroatoms. The third-order valence-electron chi connectivity index (χ3n) is 5.51. The number of carbonyl (C=O) groups is 1. The normalized spacial score (nSPS) is 14.5. The van der Waals surface area contributed by atoms with E-state index in [1.165, 1.54) is 17.0 Å². The van der Waals surface area contributed by atoms with E-state index in [4.69, 9.17) is 14.7 Å². The van der Waals surface area contributed by atoms with Crippen LogP contribution in [0.2, 0.25) is 0 Å². The van der Waals surface area contributed by atoms with Crippen LogP contribution in [0.3, 0.4) is 0 Å². The molecule has 1 aromatic carbocycles. The van der Waals surface area contributed by atoms with Crippen LogP contribution in [0.25, 0.3) is 11.0 Å². The molecular formula is C24H28F2N6O2. The van der Waals surface area contributed by atoms with Gasteiger partial charge in [0, 0.05) is 52.1 Å². The van der Waals surface area contributed by atoms with Crippen molar-refractivity contribution in [3.05, 3.63) is 47.8 Å². The van der Waals surface area contributed by atoms with Crippen LogP contribution < -0.4 is 15.0 Å². The summed E-state index contributed by atoms with van der Waals surface area (Å²) in [6.45, 7) is 5.29. The van der Waals surface area contributed by atoms with Crippen molar-refractivity contribution in [3.63, 3.8) is 0 Å². The maximum atomic E-state index is 14.0. The van der Waals surface area contributed by atoms with Gasteiger partial charge in [-0.2, -0.15) is 0 Å². The van der Waals surface area contributed by atoms with Crippen molar-refractivity contribution in [2.24, 2.45) is 0 Å². The lowest BCUT2D eigenvalue weighted by molar-refractivity contribution is 0.0822. The highest BCUT2D eigenvalue weighted by Crippen LogP contribution is 2.30. The van der Waals surface area contributed by atoms with Gasteiger partial charge in [0.15, 0.2) is 23.2 Å². The number of fused-ring (bicyclic) bond motifs is 1. The van der Waals surface area contributed by atoms with Crippen molar-refractivity contribution in [1.29, 1.82) is 0 Å². The summed E-state index contributed by atoms with van der Waals surface area (Å²) >= 11 is 0. The SMILES string of the molecule is CC(C)Nc1nc2cc(C(=O)N(C)C)ncc2nc1N1CCC(Oc2ccc(F)cc2F)CC1. The largest absolute Gasteiger partial charge is 0.487 e. The fraction of sp³-hybridized carbons (Fsp3) is 0.417. The average molecular weight is 471 g/mol. The number of halogens is 2. The van der Waals surface area contributed by atoms with Crippen molar-refractivity contribution < 1.29 is 18.3 Å². The monoisotopic (exact) mass is 470 g/mol. The molecule has 0 aliphatic carbocycles. The maximum Gasteiger partial charge on any atom is 0.272 e. The fourth-order valence-corrected chi connectivity index (χ4v) is 3.82. The first-order valence-electron chi connectivity index (χ1n) is 11.2. The van der Waals surface area contributed by atoms with Crippen molar-refractivity contribution in [3.8, 4) is 5.75 Å². The smallest absolute Gasteiger partial charge is 0.272 e. The van der Waals surface area contributed by atoms with Crippen LogP contribution in [0.5, 0.6) is 5.75 Å². The first-order valence-corrected chi connectivity index (χ1v) is 11.2. The molecule has 1 N–H and O–H groups in total. The molecule has 0 unspecified atom stereocenters. The predicted molar refractivity (Wildman–Crippen MR) is 126 cm³/mol. The number of hydrogen-bond acceptors (Lipinski definition) is 7. The van der Waals surface area contributed by atoms with Gasteiger partial charge in [0.2, 0.25) is 0 Å². The van der Waals surface area contributed by atoms with Crippen LogP contribution in [0.1, 0.15) is 37.2 Å². The Hall–Kier alpha value is -3.56. The highest BCUT2D eigenvalue weighted by atomic mass is 19.1. The van der Waals surface area contributed by atoms with Gasteiger partial charge < -0.3 is 19.9 Å². The van der Waals surface area contributed by atoms with Crippen molar-refractivity contribution in [2.45, 2.75) is 38.8 Å². The quantitative estimate of drug-likeness (QED) is 0.586. The highest BCUT2D eigenvalue weighted by Gasteiger charge is 2.26. The summed E-state index contributed by atoms with van der Waals surface area (Å²) in [4.78, 5) is 29.7. The van der Waals surface area contributed by atoms with Crippen molar-refractivity contribution >= 4 is 28.6 Å². The van der Waals surface area contributed by atoms with E-state index >= 15 is 0 Å². The van der Waals surface area contributed by atoms with Gasteiger partial charge in [-0.25, -0.2) is 23.7 Å². The minimum Gasteiger partial charge on any atom is -0.487 e. The molecular weight excluding hydrogens is 442 g/mol. The Kier molecular flexibility index (Phi) is 6.76. The zero-order chi connectivity index (χ0) is 24.4. The van der Waals surface area contributed by atoms with E-state index in [9.17, 15) is 13.6 Å². The predicted octanol–water partition coefficient (Wildman–Crippen LogP) is 3.87. The second kappa shape index (κ2) is 9.74. The topological polar surface area (TPSA) is 83.5 Å². The second-order valence-electron chi connectivity index (χ2n) is 8.83. The van der Waals surface area contributed by atoms with Crippen LogP contribution >= 0.6 is 0 Å². The number of carbonyl (C=O) groups excluding carboxylic acids is 1. The third-order valence-corrected chi connectivity index (χ3v) is 5.51. The van der Waals surface area contributed by atoms with E-state index in [0.29, 0.717) is 54.3 Å². The summed E-state index contributed by atoms with van der Waals surface area (Å²) in [7, 11) is 3.35. The number of nitrogens with one attached hydrogen (secondary N) is 1. The Bertz CT molecular complexity index is 1200. The molecule has 8 nitrogen and oxygen atoms in total. The molecule has 0 spiro atoms. The van der Waals surface area contributed by atoms with Crippen LogP contribution in [0.4, 0.5) is 20.4 Å².